The maximum Gasteiger partial charge on any atom is 0.416 e. The normalized spacial score (nSPS) is 14.1. The van der Waals surface area contributed by atoms with Crippen molar-refractivity contribution in [2.45, 2.75) is 37.5 Å². The van der Waals surface area contributed by atoms with Crippen LogP contribution in [-0.4, -0.2) is 17.8 Å². The summed E-state index contributed by atoms with van der Waals surface area (Å²) in [5, 5.41) is 0. The van der Waals surface area contributed by atoms with E-state index in [1.807, 2.05) is 0 Å². The van der Waals surface area contributed by atoms with Crippen LogP contribution in [0.4, 0.5) is 52.7 Å². The number of likely N-dealkylation sites (N-methyl/N-ethyl adjacent to an activating group) is 1. The monoisotopic (exact) mass is 575 g/mol. The molecule has 37 heavy (non-hydrogen) atoms. The van der Waals surface area contributed by atoms with Gasteiger partial charge in [0.15, 0.2) is 0 Å². The van der Waals surface area contributed by atoms with Gasteiger partial charge in [-0.15, -0.1) is 0 Å². The summed E-state index contributed by atoms with van der Waals surface area (Å²) in [6.07, 6.45) is -21.8. The lowest BCUT2D eigenvalue weighted by atomic mass is 9.86. The molecule has 208 valence electrons. The molecule has 0 saturated carbocycles. The molecule has 0 spiro atoms. The second-order valence-corrected chi connectivity index (χ2v) is 9.21. The van der Waals surface area contributed by atoms with Crippen molar-refractivity contribution >= 4 is 7.75 Å². The van der Waals surface area contributed by atoms with Crippen LogP contribution in [0.2, 0.25) is 0 Å². The van der Waals surface area contributed by atoms with E-state index in [2.05, 4.69) is 0 Å². The molecule has 17 heteroatoms. The largest absolute Gasteiger partial charge is 0.799 e. The van der Waals surface area contributed by atoms with Gasteiger partial charge in [-0.2, -0.15) is 52.7 Å². The quantitative estimate of drug-likeness (QED) is 0.311. The Labute approximate surface area is 200 Å². The Hall–Kier alpha value is -2.29. The van der Waals surface area contributed by atoms with Crippen LogP contribution in [-0.2, 0) is 29.3 Å². The molecule has 0 unspecified atom stereocenters. The summed E-state index contributed by atoms with van der Waals surface area (Å²) in [5.74, 6) is -2.28. The summed E-state index contributed by atoms with van der Waals surface area (Å²) in [6.45, 7) is -1.07. The Balaban J connectivity index is 2.97. The number of alkyl halides is 12. The van der Waals surface area contributed by atoms with Gasteiger partial charge in [0.2, 0.25) is 0 Å². The van der Waals surface area contributed by atoms with Crippen molar-refractivity contribution in [1.29, 1.82) is 0 Å². The van der Waals surface area contributed by atoms with Gasteiger partial charge in [-0.3, -0.25) is 4.67 Å². The fourth-order valence-electron chi connectivity index (χ4n) is 3.38. The maximum absolute atomic E-state index is 13.3. The van der Waals surface area contributed by atoms with Crippen LogP contribution in [0.5, 0.6) is 0 Å². The summed E-state index contributed by atoms with van der Waals surface area (Å²) in [4.78, 5) is 23.1. The second kappa shape index (κ2) is 10.1. The van der Waals surface area contributed by atoms with Gasteiger partial charge in [0.25, 0.3) is 0 Å². The molecule has 0 heterocycles. The highest BCUT2D eigenvalue weighted by Gasteiger charge is 2.40. The number of halogens is 12. The molecule has 2 aromatic rings. The Kier molecular flexibility index (Phi) is 8.46. The van der Waals surface area contributed by atoms with Crippen LogP contribution in [0.15, 0.2) is 36.4 Å². The minimum absolute atomic E-state index is 0.0291. The van der Waals surface area contributed by atoms with Crippen molar-refractivity contribution in [3.05, 3.63) is 69.8 Å². The molecule has 0 fully saturated rings. The molecule has 0 aliphatic carbocycles. The molecule has 0 bridgehead atoms. The first-order valence-electron chi connectivity index (χ1n) is 9.80. The zero-order valence-electron chi connectivity index (χ0n) is 18.1. The predicted octanol–water partition coefficient (Wildman–Crippen LogP) is 6.04. The van der Waals surface area contributed by atoms with Gasteiger partial charge in [-0.1, -0.05) is 6.92 Å². The fraction of sp³-hybridized carbons (Fsp3) is 0.400. The third kappa shape index (κ3) is 7.85. The molecule has 0 aliphatic rings. The van der Waals surface area contributed by atoms with Crippen molar-refractivity contribution in [1.82, 2.24) is 4.67 Å². The summed E-state index contributed by atoms with van der Waals surface area (Å²) >= 11 is 0. The summed E-state index contributed by atoms with van der Waals surface area (Å²) < 4.78 is 172. The van der Waals surface area contributed by atoms with E-state index in [1.54, 1.807) is 0 Å². The Morgan fingerprint density at radius 1 is 0.649 bits per heavy atom. The van der Waals surface area contributed by atoms with E-state index >= 15 is 0 Å². The standard InChI is InChI=1S/C20H16F12NO3P/c1-2-33(37(34,35)36)9-16(10-3-12(17(21,22)23)7-13(4-10)18(24,25)26)11-5-14(19(27,28)29)8-15(6-11)20(30,31)32/h3-8,16H,2,9H2,1H3,(H2,34,35,36)/p-2. The first-order chi connectivity index (χ1) is 16.4. The van der Waals surface area contributed by atoms with Gasteiger partial charge in [-0.25, -0.2) is 0 Å². The van der Waals surface area contributed by atoms with E-state index in [0.29, 0.717) is 0 Å². The Morgan fingerprint density at radius 2 is 0.919 bits per heavy atom. The highest BCUT2D eigenvalue weighted by atomic mass is 31.2. The molecule has 4 nitrogen and oxygen atoms in total. The molecule has 2 rings (SSSR count). The van der Waals surface area contributed by atoms with E-state index in [9.17, 15) is 67.0 Å². The summed E-state index contributed by atoms with van der Waals surface area (Å²) in [5.41, 5.74) is -10.1. The molecular formula is C20H14F12NO3P-2. The average Bonchev–Trinajstić information content (AvgIpc) is 2.70. The Bertz CT molecular complexity index is 1030. The van der Waals surface area contributed by atoms with Crippen molar-refractivity contribution in [2.75, 3.05) is 13.1 Å². The number of hydrogen-bond acceptors (Lipinski definition) is 3. The lowest BCUT2D eigenvalue weighted by molar-refractivity contribution is -0.329. The lowest BCUT2D eigenvalue weighted by Crippen LogP contribution is -2.36. The van der Waals surface area contributed by atoms with Crippen molar-refractivity contribution in [3.8, 4) is 0 Å². The third-order valence-corrected chi connectivity index (χ3v) is 6.27. The lowest BCUT2D eigenvalue weighted by Gasteiger charge is -2.43. The number of hydrogen-bond donors (Lipinski definition) is 0. The highest BCUT2D eigenvalue weighted by Crippen LogP contribution is 2.43. The van der Waals surface area contributed by atoms with Crippen molar-refractivity contribution in [2.24, 2.45) is 0 Å². The molecule has 0 radical (unpaired) electrons. The van der Waals surface area contributed by atoms with E-state index < -0.39 is 84.8 Å². The van der Waals surface area contributed by atoms with Crippen LogP contribution >= 0.6 is 7.75 Å². The summed E-state index contributed by atoms with van der Waals surface area (Å²) in [7, 11) is -5.80. The molecular weight excluding hydrogens is 561 g/mol. The predicted molar refractivity (Wildman–Crippen MR) is 99.6 cm³/mol. The van der Waals surface area contributed by atoms with E-state index in [1.165, 1.54) is 0 Å². The Morgan fingerprint density at radius 3 is 1.11 bits per heavy atom. The average molecular weight is 575 g/mol. The maximum atomic E-state index is 13.3. The molecule has 0 atom stereocenters. The van der Waals surface area contributed by atoms with Gasteiger partial charge in [0, 0.05) is 20.2 Å². The van der Waals surface area contributed by atoms with Gasteiger partial charge in [0.1, 0.15) is 0 Å². The SMILES string of the molecule is CCN(CC(c1cc(C(F)(F)F)cc(C(F)(F)F)c1)c1cc(C(F)(F)F)cc(C(F)(F)F)c1)P(=O)([O-])[O-]. The fourth-order valence-corrected chi connectivity index (χ4v) is 4.09. The van der Waals surface area contributed by atoms with Crippen LogP contribution in [0.3, 0.4) is 0 Å². The van der Waals surface area contributed by atoms with Gasteiger partial charge in [-0.05, 0) is 54.1 Å². The number of nitrogens with zero attached hydrogens (tertiary/aromatic N) is 1. The molecule has 0 aliphatic heterocycles. The van der Waals surface area contributed by atoms with E-state index in [-0.39, 0.29) is 41.1 Å². The van der Waals surface area contributed by atoms with E-state index in [0.717, 1.165) is 6.92 Å². The smallest absolute Gasteiger partial charge is 0.416 e. The minimum Gasteiger partial charge on any atom is -0.799 e. The summed E-state index contributed by atoms with van der Waals surface area (Å²) in [6, 6.07) is -0.553. The van der Waals surface area contributed by atoms with Gasteiger partial charge in [0.05, 0.1) is 22.3 Å². The van der Waals surface area contributed by atoms with Gasteiger partial charge < -0.3 is 14.4 Å². The number of rotatable bonds is 6. The van der Waals surface area contributed by atoms with E-state index in [4.69, 9.17) is 0 Å². The second-order valence-electron chi connectivity index (χ2n) is 7.70. The zero-order valence-corrected chi connectivity index (χ0v) is 19.0. The molecule has 0 saturated heterocycles. The molecule has 2 aromatic carbocycles. The van der Waals surface area contributed by atoms with Crippen LogP contribution < -0.4 is 9.79 Å². The third-order valence-electron chi connectivity index (χ3n) is 5.13. The van der Waals surface area contributed by atoms with Crippen LogP contribution in [0.25, 0.3) is 0 Å². The first-order valence-corrected chi connectivity index (χ1v) is 11.3. The minimum atomic E-state index is -5.80. The van der Waals surface area contributed by atoms with Crippen LogP contribution in [0.1, 0.15) is 46.2 Å². The highest BCUT2D eigenvalue weighted by molar-refractivity contribution is 7.46. The number of benzene rings is 2. The van der Waals surface area contributed by atoms with Crippen molar-refractivity contribution in [3.63, 3.8) is 0 Å². The molecule has 0 N–H and O–H groups in total. The van der Waals surface area contributed by atoms with Crippen LogP contribution in [0, 0.1) is 0 Å². The zero-order chi connectivity index (χ0) is 28.8. The van der Waals surface area contributed by atoms with Crippen molar-refractivity contribution < 1.29 is 67.0 Å². The molecule has 0 aromatic heterocycles. The van der Waals surface area contributed by atoms with Gasteiger partial charge >= 0.3 is 24.7 Å². The topological polar surface area (TPSA) is 66.4 Å². The first kappa shape index (κ1) is 30.9. The molecule has 0 amide bonds.